The standard InChI is InChI=1S/C24H21F2N3O3S3/c25-17-13-18(26)22-20(14-17)34-24(27-22)28(15-16-7-2-1-3-8-16)23(30)19-9-4-5-11-29(19)35(31,32)21-10-6-12-33-21/h1-3,6-8,10,12-14,19H,4-5,9,11,15H2. The number of sulfonamides is 1. The number of benzene rings is 2. The van der Waals surface area contributed by atoms with Crippen molar-refractivity contribution in [2.75, 3.05) is 11.4 Å². The monoisotopic (exact) mass is 533 g/mol. The van der Waals surface area contributed by atoms with E-state index in [0.29, 0.717) is 19.3 Å². The molecule has 1 amide bonds. The molecule has 2 aromatic heterocycles. The maximum atomic E-state index is 14.4. The molecule has 0 saturated carbocycles. The molecular formula is C24H21F2N3O3S3. The van der Waals surface area contributed by atoms with E-state index in [1.165, 1.54) is 21.3 Å². The minimum absolute atomic E-state index is 0.0241. The van der Waals surface area contributed by atoms with E-state index in [4.69, 9.17) is 0 Å². The Hall–Kier alpha value is -2.73. The number of thiazole rings is 1. The number of carbonyl (C=O) groups is 1. The SMILES string of the molecule is O=C(C1CCCCN1S(=O)(=O)c1cccs1)N(Cc1ccccc1)c1nc2c(F)cc(F)cc2s1. The number of nitrogens with zero attached hydrogens (tertiary/aromatic N) is 3. The van der Waals surface area contributed by atoms with Crippen LogP contribution in [0.1, 0.15) is 24.8 Å². The quantitative estimate of drug-likeness (QED) is 0.332. The summed E-state index contributed by atoms with van der Waals surface area (Å²) >= 11 is 2.11. The van der Waals surface area contributed by atoms with Gasteiger partial charge in [0.2, 0.25) is 5.91 Å². The number of hydrogen-bond donors (Lipinski definition) is 0. The summed E-state index contributed by atoms with van der Waals surface area (Å²) < 4.78 is 56.7. The molecule has 1 aliphatic heterocycles. The predicted octanol–water partition coefficient (Wildman–Crippen LogP) is 5.41. The first-order valence-electron chi connectivity index (χ1n) is 11.0. The van der Waals surface area contributed by atoms with Gasteiger partial charge in [0.05, 0.1) is 11.2 Å². The van der Waals surface area contributed by atoms with E-state index in [1.54, 1.807) is 11.4 Å². The van der Waals surface area contributed by atoms with Gasteiger partial charge in [0, 0.05) is 12.6 Å². The third-order valence-electron chi connectivity index (χ3n) is 5.88. The fourth-order valence-electron chi connectivity index (χ4n) is 4.21. The fraction of sp³-hybridized carbons (Fsp3) is 0.250. The lowest BCUT2D eigenvalue weighted by Crippen LogP contribution is -2.52. The van der Waals surface area contributed by atoms with Gasteiger partial charge in [-0.05, 0) is 35.9 Å². The Morgan fingerprint density at radius 2 is 1.91 bits per heavy atom. The van der Waals surface area contributed by atoms with Crippen molar-refractivity contribution in [1.82, 2.24) is 9.29 Å². The van der Waals surface area contributed by atoms with Crippen molar-refractivity contribution in [2.45, 2.75) is 36.1 Å². The Morgan fingerprint density at radius 1 is 1.11 bits per heavy atom. The molecule has 5 rings (SSSR count). The van der Waals surface area contributed by atoms with Gasteiger partial charge in [-0.1, -0.05) is 54.2 Å². The zero-order chi connectivity index (χ0) is 24.6. The number of fused-ring (bicyclic) bond motifs is 1. The molecule has 0 aliphatic carbocycles. The van der Waals surface area contributed by atoms with Gasteiger partial charge in [0.1, 0.15) is 21.6 Å². The van der Waals surface area contributed by atoms with Crippen molar-refractivity contribution in [3.8, 4) is 0 Å². The molecule has 1 aliphatic rings. The highest BCUT2D eigenvalue weighted by Crippen LogP contribution is 2.35. The fourth-order valence-corrected chi connectivity index (χ4v) is 7.99. The van der Waals surface area contributed by atoms with Gasteiger partial charge in [-0.2, -0.15) is 4.31 Å². The van der Waals surface area contributed by atoms with E-state index >= 15 is 0 Å². The Labute approximate surface area is 209 Å². The molecule has 182 valence electrons. The van der Waals surface area contributed by atoms with Crippen molar-refractivity contribution in [1.29, 1.82) is 0 Å². The summed E-state index contributed by atoms with van der Waals surface area (Å²) in [6, 6.07) is 13.4. The molecule has 0 radical (unpaired) electrons. The first kappa shape index (κ1) is 24.0. The molecule has 4 aromatic rings. The number of carbonyl (C=O) groups excluding carboxylic acids is 1. The van der Waals surface area contributed by atoms with Crippen molar-refractivity contribution in [3.63, 3.8) is 0 Å². The van der Waals surface area contributed by atoms with E-state index in [1.807, 2.05) is 30.3 Å². The van der Waals surface area contributed by atoms with Crippen LogP contribution in [0.4, 0.5) is 13.9 Å². The van der Waals surface area contributed by atoms with Crippen LogP contribution in [0.3, 0.4) is 0 Å². The zero-order valence-corrected chi connectivity index (χ0v) is 20.9. The van der Waals surface area contributed by atoms with Crippen LogP contribution in [0.25, 0.3) is 10.2 Å². The first-order valence-corrected chi connectivity index (χ1v) is 14.1. The van der Waals surface area contributed by atoms with Crippen LogP contribution in [0.15, 0.2) is 64.2 Å². The van der Waals surface area contributed by atoms with Gasteiger partial charge in [-0.3, -0.25) is 9.69 Å². The number of piperidine rings is 1. The number of thiophene rings is 1. The number of aromatic nitrogens is 1. The molecule has 1 unspecified atom stereocenters. The summed E-state index contributed by atoms with van der Waals surface area (Å²) in [5.41, 5.74) is 0.777. The normalized spacial score (nSPS) is 17.0. The van der Waals surface area contributed by atoms with Crippen LogP contribution in [0.5, 0.6) is 0 Å². The van der Waals surface area contributed by atoms with Gasteiger partial charge in [-0.15, -0.1) is 11.3 Å². The second-order valence-electron chi connectivity index (χ2n) is 8.20. The maximum Gasteiger partial charge on any atom is 0.253 e. The van der Waals surface area contributed by atoms with Crippen molar-refractivity contribution in [2.24, 2.45) is 0 Å². The average Bonchev–Trinajstić information content (AvgIpc) is 3.54. The molecule has 3 heterocycles. The highest BCUT2D eigenvalue weighted by Gasteiger charge is 2.41. The topological polar surface area (TPSA) is 70.6 Å². The highest BCUT2D eigenvalue weighted by atomic mass is 32.2. The largest absolute Gasteiger partial charge is 0.282 e. The Kier molecular flexibility index (Phi) is 6.67. The molecular weight excluding hydrogens is 512 g/mol. The van der Waals surface area contributed by atoms with Crippen molar-refractivity contribution in [3.05, 3.63) is 77.2 Å². The maximum absolute atomic E-state index is 14.4. The van der Waals surface area contributed by atoms with Crippen LogP contribution in [-0.4, -0.2) is 36.2 Å². The summed E-state index contributed by atoms with van der Waals surface area (Å²) in [5, 5.41) is 1.88. The molecule has 6 nitrogen and oxygen atoms in total. The first-order chi connectivity index (χ1) is 16.8. The zero-order valence-electron chi connectivity index (χ0n) is 18.4. The Morgan fingerprint density at radius 3 is 2.66 bits per heavy atom. The smallest absolute Gasteiger partial charge is 0.253 e. The van der Waals surface area contributed by atoms with E-state index in [9.17, 15) is 22.0 Å². The van der Waals surface area contributed by atoms with Crippen LogP contribution in [-0.2, 0) is 21.4 Å². The van der Waals surface area contributed by atoms with Gasteiger partial charge in [0.15, 0.2) is 10.9 Å². The molecule has 1 atom stereocenters. The number of hydrogen-bond acceptors (Lipinski definition) is 6. The van der Waals surface area contributed by atoms with Crippen LogP contribution < -0.4 is 4.90 Å². The summed E-state index contributed by atoms with van der Waals surface area (Å²) in [4.78, 5) is 19.7. The van der Waals surface area contributed by atoms with Gasteiger partial charge < -0.3 is 0 Å². The molecule has 2 aromatic carbocycles. The average molecular weight is 534 g/mol. The van der Waals surface area contributed by atoms with E-state index in [-0.39, 0.29) is 32.6 Å². The minimum atomic E-state index is -3.86. The van der Waals surface area contributed by atoms with Gasteiger partial charge >= 0.3 is 0 Å². The third-order valence-corrected chi connectivity index (χ3v) is 10.2. The summed E-state index contributed by atoms with van der Waals surface area (Å²) in [5.74, 6) is -1.98. The lowest BCUT2D eigenvalue weighted by Gasteiger charge is -2.35. The number of rotatable bonds is 6. The second-order valence-corrected chi connectivity index (χ2v) is 12.3. The van der Waals surface area contributed by atoms with Crippen molar-refractivity contribution >= 4 is 54.0 Å². The van der Waals surface area contributed by atoms with Crippen molar-refractivity contribution < 1.29 is 22.0 Å². The van der Waals surface area contributed by atoms with Gasteiger partial charge in [0.25, 0.3) is 10.0 Å². The number of halogens is 2. The molecule has 0 spiro atoms. The molecule has 0 bridgehead atoms. The van der Waals surface area contributed by atoms with E-state index < -0.39 is 33.6 Å². The highest BCUT2D eigenvalue weighted by molar-refractivity contribution is 7.91. The third kappa shape index (κ3) is 4.73. The molecule has 11 heteroatoms. The number of anilines is 1. The van der Waals surface area contributed by atoms with Gasteiger partial charge in [-0.25, -0.2) is 22.2 Å². The molecule has 1 saturated heterocycles. The summed E-state index contributed by atoms with van der Waals surface area (Å²) in [6.07, 6.45) is 1.72. The lowest BCUT2D eigenvalue weighted by molar-refractivity contribution is -0.123. The Bertz CT molecular complexity index is 1460. The lowest BCUT2D eigenvalue weighted by atomic mass is 10.0. The number of amides is 1. The van der Waals surface area contributed by atoms with Crippen LogP contribution in [0.2, 0.25) is 0 Å². The minimum Gasteiger partial charge on any atom is -0.282 e. The van der Waals surface area contributed by atoms with Crippen LogP contribution >= 0.6 is 22.7 Å². The summed E-state index contributed by atoms with van der Waals surface area (Å²) in [6.45, 7) is 0.350. The predicted molar refractivity (Wildman–Crippen MR) is 133 cm³/mol. The summed E-state index contributed by atoms with van der Waals surface area (Å²) in [7, 11) is -3.86. The Balaban J connectivity index is 1.56. The molecule has 35 heavy (non-hydrogen) atoms. The van der Waals surface area contributed by atoms with E-state index in [2.05, 4.69) is 4.98 Å². The van der Waals surface area contributed by atoms with Crippen LogP contribution in [0, 0.1) is 11.6 Å². The van der Waals surface area contributed by atoms with E-state index in [0.717, 1.165) is 34.3 Å². The molecule has 0 N–H and O–H groups in total. The molecule has 1 fully saturated rings. The second kappa shape index (κ2) is 9.73.